The average Bonchev–Trinajstić information content (AvgIpc) is 3.19. The van der Waals surface area contributed by atoms with E-state index in [0.717, 1.165) is 35.5 Å². The lowest BCUT2D eigenvalue weighted by Gasteiger charge is -2.12. The van der Waals surface area contributed by atoms with Gasteiger partial charge in [0.05, 0.1) is 29.1 Å². The lowest BCUT2D eigenvalue weighted by molar-refractivity contribution is -0.137. The Balaban J connectivity index is 1.67. The Bertz CT molecular complexity index is 1220. The number of hydrogen-bond acceptors (Lipinski definition) is 6. The molecule has 186 valence electrons. The monoisotopic (exact) mass is 526 g/mol. The van der Waals surface area contributed by atoms with Gasteiger partial charge in [0.25, 0.3) is 0 Å². The number of benzene rings is 2. The summed E-state index contributed by atoms with van der Waals surface area (Å²) in [5.74, 6) is 0.939. The molecule has 0 atom stereocenters. The molecule has 0 aliphatic carbocycles. The number of aryl methyl sites for hydroxylation is 1. The molecule has 3 rings (SSSR count). The zero-order valence-corrected chi connectivity index (χ0v) is 20.4. The summed E-state index contributed by atoms with van der Waals surface area (Å²) in [4.78, 5) is 12.4. The van der Waals surface area contributed by atoms with Crippen molar-refractivity contribution in [2.24, 2.45) is 0 Å². The number of allylic oxidation sites excluding steroid dienone is 1. The molecule has 0 saturated carbocycles. The fraction of sp³-hybridized carbons (Fsp3) is 0.261. The van der Waals surface area contributed by atoms with Crippen LogP contribution in [-0.2, 0) is 24.1 Å². The minimum atomic E-state index is -4.55. The van der Waals surface area contributed by atoms with Crippen LogP contribution >= 0.6 is 23.4 Å². The molecule has 0 unspecified atom stereocenters. The van der Waals surface area contributed by atoms with Crippen molar-refractivity contribution in [3.8, 4) is 11.5 Å². The van der Waals surface area contributed by atoms with Crippen LogP contribution in [0.5, 0.6) is 11.5 Å². The van der Waals surface area contributed by atoms with Crippen molar-refractivity contribution in [2.45, 2.75) is 31.4 Å². The van der Waals surface area contributed by atoms with Crippen molar-refractivity contribution < 1.29 is 27.4 Å². The maximum absolute atomic E-state index is 13.0. The van der Waals surface area contributed by atoms with Crippen molar-refractivity contribution in [1.82, 2.24) is 14.8 Å². The molecule has 12 heteroatoms. The number of hydrogen-bond donors (Lipinski definition) is 1. The van der Waals surface area contributed by atoms with E-state index < -0.39 is 17.6 Å². The van der Waals surface area contributed by atoms with Gasteiger partial charge in [-0.15, -0.1) is 16.8 Å². The predicted octanol–water partition coefficient (Wildman–Crippen LogP) is 5.76. The van der Waals surface area contributed by atoms with E-state index in [0.29, 0.717) is 29.0 Å². The van der Waals surface area contributed by atoms with E-state index >= 15 is 0 Å². The predicted molar refractivity (Wildman–Crippen MR) is 128 cm³/mol. The van der Waals surface area contributed by atoms with Crippen molar-refractivity contribution >= 4 is 35.0 Å². The summed E-state index contributed by atoms with van der Waals surface area (Å²) >= 11 is 7.01. The number of aromatic nitrogens is 3. The second-order valence-corrected chi connectivity index (χ2v) is 8.62. The van der Waals surface area contributed by atoms with Gasteiger partial charge in [-0.2, -0.15) is 13.2 Å². The van der Waals surface area contributed by atoms with E-state index in [1.54, 1.807) is 23.8 Å². The molecule has 0 aliphatic heterocycles. The summed E-state index contributed by atoms with van der Waals surface area (Å²) in [6.45, 7) is 6.12. The van der Waals surface area contributed by atoms with E-state index in [2.05, 4.69) is 22.1 Å². The highest BCUT2D eigenvalue weighted by molar-refractivity contribution is 7.99. The highest BCUT2D eigenvalue weighted by atomic mass is 35.5. The van der Waals surface area contributed by atoms with Crippen LogP contribution in [-0.4, -0.2) is 33.5 Å². The Labute approximate surface area is 209 Å². The van der Waals surface area contributed by atoms with E-state index in [9.17, 15) is 18.0 Å². The van der Waals surface area contributed by atoms with Crippen LogP contribution in [0.1, 0.15) is 17.0 Å². The second-order valence-electron chi connectivity index (χ2n) is 7.27. The number of methoxy groups -OCH3 is 1. The lowest BCUT2D eigenvalue weighted by atomic mass is 10.2. The van der Waals surface area contributed by atoms with Gasteiger partial charge in [-0.25, -0.2) is 0 Å². The molecular weight excluding hydrogens is 505 g/mol. The van der Waals surface area contributed by atoms with Gasteiger partial charge in [0.15, 0.2) is 22.5 Å². The molecule has 35 heavy (non-hydrogen) atoms. The lowest BCUT2D eigenvalue weighted by Crippen LogP contribution is -2.16. The molecule has 2 aromatic carbocycles. The molecular formula is C23H22ClF3N4O3S. The molecule has 0 aliphatic rings. The summed E-state index contributed by atoms with van der Waals surface area (Å²) in [5, 5.41) is 11.1. The van der Waals surface area contributed by atoms with Crippen molar-refractivity contribution in [1.29, 1.82) is 0 Å². The third kappa shape index (κ3) is 6.92. The normalized spacial score (nSPS) is 11.3. The molecule has 1 heterocycles. The first-order valence-corrected chi connectivity index (χ1v) is 11.6. The van der Waals surface area contributed by atoms with Crippen LogP contribution in [0.25, 0.3) is 0 Å². The first-order chi connectivity index (χ1) is 16.6. The van der Waals surface area contributed by atoms with Gasteiger partial charge in [-0.3, -0.25) is 9.36 Å². The van der Waals surface area contributed by atoms with Crippen molar-refractivity contribution in [3.63, 3.8) is 0 Å². The minimum absolute atomic E-state index is 0.00265. The Morgan fingerprint density at radius 3 is 2.69 bits per heavy atom. The zero-order valence-electron chi connectivity index (χ0n) is 18.9. The number of ether oxygens (including phenoxy) is 2. The largest absolute Gasteiger partial charge is 0.493 e. The topological polar surface area (TPSA) is 78.3 Å². The summed E-state index contributed by atoms with van der Waals surface area (Å²) in [7, 11) is 1.55. The molecule has 1 aromatic heterocycles. The molecule has 0 saturated heterocycles. The highest BCUT2D eigenvalue weighted by Gasteiger charge is 2.31. The van der Waals surface area contributed by atoms with Crippen molar-refractivity contribution in [3.05, 3.63) is 71.0 Å². The number of rotatable bonds is 10. The van der Waals surface area contributed by atoms with E-state index in [4.69, 9.17) is 21.1 Å². The Kier molecular flexibility index (Phi) is 8.68. The molecule has 0 radical (unpaired) electrons. The number of carbonyl (C=O) groups is 1. The van der Waals surface area contributed by atoms with E-state index in [1.807, 2.05) is 19.1 Å². The quantitative estimate of drug-likeness (QED) is 0.267. The fourth-order valence-corrected chi connectivity index (χ4v) is 3.93. The maximum Gasteiger partial charge on any atom is 0.416 e. The number of nitrogens with one attached hydrogen (secondary N) is 1. The molecule has 0 bridgehead atoms. The zero-order chi connectivity index (χ0) is 25.6. The van der Waals surface area contributed by atoms with Crippen LogP contribution < -0.4 is 14.8 Å². The van der Waals surface area contributed by atoms with Crippen LogP contribution in [0.4, 0.5) is 18.9 Å². The van der Waals surface area contributed by atoms with Gasteiger partial charge in [-0.1, -0.05) is 35.5 Å². The van der Waals surface area contributed by atoms with Gasteiger partial charge in [0, 0.05) is 6.54 Å². The number of carbonyl (C=O) groups excluding carboxylic acids is 1. The van der Waals surface area contributed by atoms with Crippen LogP contribution in [0, 0.1) is 6.92 Å². The molecule has 0 spiro atoms. The smallest absolute Gasteiger partial charge is 0.416 e. The van der Waals surface area contributed by atoms with Crippen molar-refractivity contribution in [2.75, 3.05) is 18.2 Å². The number of alkyl halides is 3. The molecule has 3 aromatic rings. The molecule has 7 nitrogen and oxygen atoms in total. The number of amides is 1. The Morgan fingerprint density at radius 1 is 1.23 bits per heavy atom. The summed E-state index contributed by atoms with van der Waals surface area (Å²) < 4.78 is 51.8. The number of thioether (sulfide) groups is 1. The average molecular weight is 527 g/mol. The summed E-state index contributed by atoms with van der Waals surface area (Å²) in [6, 6.07) is 8.26. The summed E-state index contributed by atoms with van der Waals surface area (Å²) in [5.41, 5.74) is -0.0152. The fourth-order valence-electron chi connectivity index (χ4n) is 3.00. The number of anilines is 1. The summed E-state index contributed by atoms with van der Waals surface area (Å²) in [6.07, 6.45) is -2.91. The standard InChI is InChI=1S/C23H22ClF3N4O3S/c1-4-9-31-20(12-34-18-8-5-14(2)10-19(18)33-3)29-30-22(31)35-13-21(32)28-17-11-15(23(25,26)27)6-7-16(17)24/h4-8,10-11H,1,9,12-13H2,2-3H3,(H,28,32). The molecule has 0 fully saturated rings. The van der Waals surface area contributed by atoms with Gasteiger partial charge in [0.2, 0.25) is 5.91 Å². The first-order valence-electron chi connectivity index (χ1n) is 10.2. The van der Waals surface area contributed by atoms with Crippen LogP contribution in [0.2, 0.25) is 5.02 Å². The van der Waals surface area contributed by atoms with E-state index in [1.165, 1.54) is 0 Å². The van der Waals surface area contributed by atoms with Gasteiger partial charge < -0.3 is 14.8 Å². The third-order valence-corrected chi connectivity index (χ3v) is 5.98. The van der Waals surface area contributed by atoms with Gasteiger partial charge in [0.1, 0.15) is 6.61 Å². The third-order valence-electron chi connectivity index (χ3n) is 4.68. The highest BCUT2D eigenvalue weighted by Crippen LogP contribution is 2.34. The van der Waals surface area contributed by atoms with Crippen LogP contribution in [0.15, 0.2) is 54.2 Å². The van der Waals surface area contributed by atoms with E-state index in [-0.39, 0.29) is 23.1 Å². The number of nitrogens with zero attached hydrogens (tertiary/aromatic N) is 3. The van der Waals surface area contributed by atoms with Gasteiger partial charge >= 0.3 is 6.18 Å². The minimum Gasteiger partial charge on any atom is -0.493 e. The molecule has 1 amide bonds. The Morgan fingerprint density at radius 2 is 2.00 bits per heavy atom. The SMILES string of the molecule is C=CCn1c(COc2ccc(C)cc2OC)nnc1SCC(=O)Nc1cc(C(F)(F)F)ccc1Cl. The van der Waals surface area contributed by atoms with Crippen LogP contribution in [0.3, 0.4) is 0 Å². The maximum atomic E-state index is 13.0. The van der Waals surface area contributed by atoms with Gasteiger partial charge in [-0.05, 0) is 42.8 Å². The Hall–Kier alpha value is -3.18. The second kappa shape index (κ2) is 11.5. The first kappa shape index (κ1) is 26.4. The number of halogens is 4. The molecule has 1 N–H and O–H groups in total.